The largest absolute Gasteiger partial charge is 0.493 e. The van der Waals surface area contributed by atoms with Gasteiger partial charge in [-0.2, -0.15) is 0 Å². The highest BCUT2D eigenvalue weighted by Crippen LogP contribution is 2.49. The molecule has 2 amide bonds. The molecule has 0 saturated heterocycles. The number of methoxy groups -OCH3 is 1. The monoisotopic (exact) mass is 858 g/mol. The van der Waals surface area contributed by atoms with Crippen LogP contribution in [0.25, 0.3) is 0 Å². The van der Waals surface area contributed by atoms with Crippen molar-refractivity contribution in [1.82, 2.24) is 10.6 Å². The predicted molar refractivity (Wildman–Crippen MR) is 222 cm³/mol. The molecule has 0 unspecified atom stereocenters. The standard InChI is InChI=1S/C45H66N2O14/c1-26(2)24-55-39(50)31(46-41(52)60-43(5,6)7)21-36(48)57-33-18-19-45(59-37(49)22-32(40(51)56-25-27(3)4)47-42(53)61-44(8,9)10)23-35(33)58-38-30-15-13-12-14-29(45)20-28(30)16-17-34(38)54-11/h16-18,26-27,29,31-32,35H,12-15,19-25H2,1-11H3,(H,46,52)(H,47,53)/t29-,31+,32+,35-,45+/m1/s1. The maximum Gasteiger partial charge on any atom is 0.408 e. The Balaban J connectivity index is 1.69. The summed E-state index contributed by atoms with van der Waals surface area (Å²) in [5, 5.41) is 4.95. The average Bonchev–Trinajstić information content (AvgIpc) is 3.12. The fourth-order valence-corrected chi connectivity index (χ4v) is 7.42. The maximum atomic E-state index is 14.2. The number of amides is 2. The third kappa shape index (κ3) is 14.6. The van der Waals surface area contributed by atoms with Crippen molar-refractivity contribution >= 4 is 36.1 Å². The zero-order valence-electron chi connectivity index (χ0n) is 37.7. The highest BCUT2D eigenvalue weighted by Gasteiger charge is 2.50. The molecular weight excluding hydrogens is 792 g/mol. The van der Waals surface area contributed by atoms with Gasteiger partial charge in [-0.15, -0.1) is 0 Å². The summed E-state index contributed by atoms with van der Waals surface area (Å²) < 4.78 is 46.6. The molecule has 1 aromatic carbocycles. The molecule has 1 aliphatic heterocycles. The van der Waals surface area contributed by atoms with Crippen LogP contribution in [0.2, 0.25) is 0 Å². The molecule has 16 heteroatoms. The molecule has 4 rings (SSSR count). The third-order valence-corrected chi connectivity index (χ3v) is 10.1. The topological polar surface area (TPSA) is 200 Å². The summed E-state index contributed by atoms with van der Waals surface area (Å²) in [4.78, 5) is 80.0. The maximum absolute atomic E-state index is 14.2. The van der Waals surface area contributed by atoms with Crippen molar-refractivity contribution in [3.8, 4) is 11.5 Å². The minimum Gasteiger partial charge on any atom is -0.493 e. The summed E-state index contributed by atoms with van der Waals surface area (Å²) in [6.07, 6.45) is 1.40. The molecule has 0 saturated carbocycles. The van der Waals surface area contributed by atoms with Gasteiger partial charge in [-0.25, -0.2) is 19.2 Å². The highest BCUT2D eigenvalue weighted by atomic mass is 16.6. The number of alkyl carbamates (subject to hydrolysis) is 2. The molecule has 2 aliphatic carbocycles. The number of benzene rings is 1. The van der Waals surface area contributed by atoms with E-state index >= 15 is 0 Å². The normalized spacial score (nSPS) is 20.7. The van der Waals surface area contributed by atoms with Gasteiger partial charge < -0.3 is 48.5 Å². The fraction of sp³-hybridized carbons (Fsp3) is 0.689. The van der Waals surface area contributed by atoms with Crippen LogP contribution in [0.1, 0.15) is 125 Å². The minimum absolute atomic E-state index is 0.00313. The molecule has 0 radical (unpaired) electrons. The molecule has 5 atom stereocenters. The summed E-state index contributed by atoms with van der Waals surface area (Å²) in [7, 11) is 1.54. The Kier molecular flexibility index (Phi) is 16.5. The van der Waals surface area contributed by atoms with Gasteiger partial charge in [0.25, 0.3) is 0 Å². The molecule has 6 bridgehead atoms. The van der Waals surface area contributed by atoms with Gasteiger partial charge in [-0.05, 0) is 96.8 Å². The zero-order chi connectivity index (χ0) is 45.3. The van der Waals surface area contributed by atoms with E-state index in [-0.39, 0.29) is 49.6 Å². The number of ether oxygens (including phenoxy) is 8. The molecule has 340 valence electrons. The third-order valence-electron chi connectivity index (χ3n) is 10.1. The van der Waals surface area contributed by atoms with E-state index in [0.29, 0.717) is 30.8 Å². The second-order valence-electron chi connectivity index (χ2n) is 18.9. The summed E-state index contributed by atoms with van der Waals surface area (Å²) >= 11 is 0. The molecule has 1 aromatic rings. The van der Waals surface area contributed by atoms with Gasteiger partial charge in [0.05, 0.1) is 33.2 Å². The molecule has 1 heterocycles. The average molecular weight is 859 g/mol. The van der Waals surface area contributed by atoms with Crippen molar-refractivity contribution in [2.24, 2.45) is 17.8 Å². The molecule has 61 heavy (non-hydrogen) atoms. The van der Waals surface area contributed by atoms with Gasteiger partial charge in [-0.3, -0.25) is 9.59 Å². The van der Waals surface area contributed by atoms with E-state index in [1.165, 1.54) is 7.11 Å². The Hall–Kier alpha value is -5.02. The van der Waals surface area contributed by atoms with E-state index in [1.807, 2.05) is 39.8 Å². The van der Waals surface area contributed by atoms with Crippen LogP contribution < -0.4 is 20.1 Å². The van der Waals surface area contributed by atoms with Crippen LogP contribution >= 0.6 is 0 Å². The molecule has 2 N–H and O–H groups in total. The number of carbonyl (C=O) groups excluding carboxylic acids is 6. The Bertz CT molecular complexity index is 1790. The van der Waals surface area contributed by atoms with Crippen molar-refractivity contribution < 1.29 is 66.7 Å². The smallest absolute Gasteiger partial charge is 0.408 e. The summed E-state index contributed by atoms with van der Waals surface area (Å²) in [5.74, 6) is -2.46. The van der Waals surface area contributed by atoms with Gasteiger partial charge in [0, 0.05) is 24.3 Å². The van der Waals surface area contributed by atoms with Crippen molar-refractivity contribution in [2.75, 3.05) is 20.3 Å². The molecule has 0 aromatic heterocycles. The van der Waals surface area contributed by atoms with E-state index in [9.17, 15) is 28.8 Å². The van der Waals surface area contributed by atoms with E-state index in [2.05, 4.69) is 10.6 Å². The summed E-state index contributed by atoms with van der Waals surface area (Å²) in [5.41, 5.74) is -1.03. The molecule has 3 aliphatic rings. The van der Waals surface area contributed by atoms with Crippen LogP contribution in [0, 0.1) is 17.8 Å². The molecule has 0 spiro atoms. The lowest BCUT2D eigenvalue weighted by Gasteiger charge is -2.44. The predicted octanol–water partition coefficient (Wildman–Crippen LogP) is 6.81. The first-order chi connectivity index (χ1) is 28.5. The second-order valence-corrected chi connectivity index (χ2v) is 18.9. The van der Waals surface area contributed by atoms with Crippen molar-refractivity contribution in [2.45, 2.75) is 162 Å². The Morgan fingerprint density at radius 1 is 0.803 bits per heavy atom. The number of fused-ring (bicyclic) bond motifs is 4. The van der Waals surface area contributed by atoms with E-state index in [0.717, 1.165) is 24.0 Å². The van der Waals surface area contributed by atoms with Gasteiger partial charge >= 0.3 is 36.1 Å². The van der Waals surface area contributed by atoms with Crippen molar-refractivity contribution in [1.29, 1.82) is 0 Å². The van der Waals surface area contributed by atoms with Crippen molar-refractivity contribution in [3.63, 3.8) is 0 Å². The number of rotatable bonds is 15. The van der Waals surface area contributed by atoms with Gasteiger partial charge in [0.1, 0.15) is 34.6 Å². The van der Waals surface area contributed by atoms with Crippen molar-refractivity contribution in [3.05, 3.63) is 35.1 Å². The lowest BCUT2D eigenvalue weighted by molar-refractivity contribution is -0.175. The van der Waals surface area contributed by atoms with Crippen LogP contribution in [0.15, 0.2) is 24.0 Å². The quantitative estimate of drug-likeness (QED) is 0.138. The SMILES string of the molecule is COc1ccc2c3c1O[C@@H]1C[C@@](OC(=O)C[C@H](NC(=O)OC(C)(C)C)C(=O)OCC(C)C)(CC=C1OC(=O)C[C@H](NC(=O)OC(C)(C)C)C(=O)OCC(C)C)[C@H](CCCC3)C2. The zero-order valence-corrected chi connectivity index (χ0v) is 37.7. The lowest BCUT2D eigenvalue weighted by atomic mass is 9.71. The summed E-state index contributed by atoms with van der Waals surface area (Å²) in [6.45, 7) is 17.6. The Morgan fingerprint density at radius 2 is 1.36 bits per heavy atom. The van der Waals surface area contributed by atoms with Gasteiger partial charge in [0.15, 0.2) is 17.6 Å². The van der Waals surface area contributed by atoms with Crippen LogP contribution in [-0.2, 0) is 60.4 Å². The number of hydrogen-bond donors (Lipinski definition) is 2. The van der Waals surface area contributed by atoms with Crippen LogP contribution in [0.5, 0.6) is 11.5 Å². The second kappa shape index (κ2) is 20.7. The van der Waals surface area contributed by atoms with E-state index in [1.54, 1.807) is 47.6 Å². The Morgan fingerprint density at radius 3 is 1.89 bits per heavy atom. The highest BCUT2D eigenvalue weighted by molar-refractivity contribution is 5.87. The number of carbonyl (C=O) groups is 6. The van der Waals surface area contributed by atoms with Gasteiger partial charge in [-0.1, -0.05) is 40.2 Å². The first-order valence-electron chi connectivity index (χ1n) is 21.3. The lowest BCUT2D eigenvalue weighted by Crippen LogP contribution is -2.51. The minimum atomic E-state index is -1.43. The van der Waals surface area contributed by atoms with E-state index in [4.69, 9.17) is 37.9 Å². The van der Waals surface area contributed by atoms with E-state index < -0.39 is 83.9 Å². The number of esters is 4. The first-order valence-corrected chi connectivity index (χ1v) is 21.3. The van der Waals surface area contributed by atoms with Crippen LogP contribution in [-0.4, -0.2) is 91.4 Å². The van der Waals surface area contributed by atoms with Gasteiger partial charge in [0.2, 0.25) is 0 Å². The first kappa shape index (κ1) is 48.6. The summed E-state index contributed by atoms with van der Waals surface area (Å²) in [6, 6.07) is 0.972. The molecular formula is C45H66N2O14. The Labute approximate surface area is 359 Å². The fourth-order valence-electron chi connectivity index (χ4n) is 7.42. The number of nitrogens with one attached hydrogen (secondary N) is 2. The van der Waals surface area contributed by atoms with Crippen LogP contribution in [0.3, 0.4) is 0 Å². The molecule has 16 nitrogen and oxygen atoms in total. The number of hydrogen-bond acceptors (Lipinski definition) is 14. The van der Waals surface area contributed by atoms with Crippen LogP contribution in [0.4, 0.5) is 9.59 Å². The molecule has 0 fully saturated rings.